The highest BCUT2D eigenvalue weighted by Crippen LogP contribution is 2.36. The minimum atomic E-state index is -4.76. The molecule has 0 spiro atoms. The summed E-state index contributed by atoms with van der Waals surface area (Å²) in [6.45, 7) is 3.68. The van der Waals surface area contributed by atoms with Crippen LogP contribution in [0, 0.1) is 0 Å². The molecule has 0 unspecified atom stereocenters. The molecule has 1 atom stereocenters. The van der Waals surface area contributed by atoms with Crippen LogP contribution in [-0.2, 0) is 28.2 Å². The molecule has 0 bridgehead atoms. The number of carbonyl (C=O) groups is 2. The van der Waals surface area contributed by atoms with Gasteiger partial charge in [0.1, 0.15) is 6.61 Å². The molecular formula is C43H81O8P. The van der Waals surface area contributed by atoms with Crippen LogP contribution in [0.15, 0.2) is 24.3 Å². The molecule has 0 saturated heterocycles. The van der Waals surface area contributed by atoms with Gasteiger partial charge in [-0.1, -0.05) is 167 Å². The van der Waals surface area contributed by atoms with Crippen LogP contribution in [-0.4, -0.2) is 41.0 Å². The third-order valence-corrected chi connectivity index (χ3v) is 9.93. The standard InChI is InChI=1S/C43H81O8P/c1-3-5-7-9-11-13-15-17-19-20-21-22-24-25-27-29-31-33-35-37-42(44)49-39-41(40-50-52(46,47)48)51-43(45)38-36-34-32-30-28-26-23-18-16-14-12-10-8-6-4-2/h17,19,28,30,41H,3-16,18,20-27,29,31-40H2,1-2H3,(H2,46,47,48)/b19-17+,30-28+/t41-/m1/s1. The van der Waals surface area contributed by atoms with Gasteiger partial charge in [0.05, 0.1) is 6.61 Å². The maximum Gasteiger partial charge on any atom is 0.469 e. The Labute approximate surface area is 319 Å². The van der Waals surface area contributed by atoms with Crippen LogP contribution in [0.2, 0.25) is 0 Å². The van der Waals surface area contributed by atoms with E-state index in [0.29, 0.717) is 6.42 Å². The zero-order valence-corrected chi connectivity index (χ0v) is 34.6. The number of esters is 2. The molecule has 0 heterocycles. The van der Waals surface area contributed by atoms with Crippen molar-refractivity contribution in [3.63, 3.8) is 0 Å². The van der Waals surface area contributed by atoms with Crippen molar-refractivity contribution >= 4 is 19.8 Å². The lowest BCUT2D eigenvalue weighted by atomic mass is 10.1. The van der Waals surface area contributed by atoms with Crippen LogP contribution in [0.25, 0.3) is 0 Å². The monoisotopic (exact) mass is 757 g/mol. The minimum absolute atomic E-state index is 0.184. The van der Waals surface area contributed by atoms with Gasteiger partial charge in [-0.05, 0) is 64.2 Å². The first-order valence-electron chi connectivity index (χ1n) is 21.6. The normalized spacial score (nSPS) is 12.6. The summed E-state index contributed by atoms with van der Waals surface area (Å²) in [4.78, 5) is 42.8. The van der Waals surface area contributed by atoms with Crippen LogP contribution in [0.5, 0.6) is 0 Å². The van der Waals surface area contributed by atoms with Gasteiger partial charge in [0, 0.05) is 12.8 Å². The molecule has 0 aromatic carbocycles. The topological polar surface area (TPSA) is 119 Å². The SMILES string of the molecule is CCCCCCCC/C=C/CCCCCCCCCCCC(=O)OC[C@H](COP(=O)(O)O)OC(=O)CCCC/C=C/CCCCCCCCCCC. The summed E-state index contributed by atoms with van der Waals surface area (Å²) in [6.07, 6.45) is 44.7. The van der Waals surface area contributed by atoms with Crippen LogP contribution in [0.4, 0.5) is 0 Å². The molecule has 9 heteroatoms. The molecule has 0 aliphatic rings. The van der Waals surface area contributed by atoms with E-state index in [0.717, 1.165) is 38.5 Å². The Bertz CT molecular complexity index is 900. The molecule has 0 radical (unpaired) electrons. The number of allylic oxidation sites excluding steroid dienone is 4. The van der Waals surface area contributed by atoms with Gasteiger partial charge in [0.15, 0.2) is 6.10 Å². The number of ether oxygens (including phenoxy) is 2. The number of phosphoric acid groups is 1. The predicted octanol–water partition coefficient (Wildman–Crippen LogP) is 13.2. The first kappa shape index (κ1) is 50.5. The summed E-state index contributed by atoms with van der Waals surface area (Å²) < 4.78 is 26.4. The molecular weight excluding hydrogens is 675 g/mol. The fraction of sp³-hybridized carbons (Fsp3) is 0.860. The van der Waals surface area contributed by atoms with Gasteiger partial charge in [0.25, 0.3) is 0 Å². The smallest absolute Gasteiger partial charge is 0.462 e. The summed E-state index contributed by atoms with van der Waals surface area (Å²) in [5.41, 5.74) is 0. The molecule has 0 rings (SSSR count). The van der Waals surface area contributed by atoms with Gasteiger partial charge in [-0.25, -0.2) is 4.57 Å². The van der Waals surface area contributed by atoms with Crippen LogP contribution in [0.3, 0.4) is 0 Å². The molecule has 0 aliphatic heterocycles. The number of hydrogen-bond acceptors (Lipinski definition) is 6. The second-order valence-electron chi connectivity index (χ2n) is 14.7. The number of hydrogen-bond donors (Lipinski definition) is 2. The quantitative estimate of drug-likeness (QED) is 0.0274. The zero-order chi connectivity index (χ0) is 38.2. The fourth-order valence-corrected chi connectivity index (χ4v) is 6.55. The van der Waals surface area contributed by atoms with E-state index in [1.165, 1.54) is 148 Å². The lowest BCUT2D eigenvalue weighted by molar-refractivity contribution is -0.161. The van der Waals surface area contributed by atoms with Crippen molar-refractivity contribution in [3.05, 3.63) is 24.3 Å². The maximum atomic E-state index is 12.4. The molecule has 0 saturated carbocycles. The van der Waals surface area contributed by atoms with E-state index in [9.17, 15) is 14.2 Å². The van der Waals surface area contributed by atoms with Crippen LogP contribution >= 0.6 is 7.82 Å². The van der Waals surface area contributed by atoms with Gasteiger partial charge >= 0.3 is 19.8 Å². The average molecular weight is 757 g/mol. The second-order valence-corrected chi connectivity index (χ2v) is 15.9. The zero-order valence-electron chi connectivity index (χ0n) is 33.7. The predicted molar refractivity (Wildman–Crippen MR) is 216 cm³/mol. The van der Waals surface area contributed by atoms with Gasteiger partial charge < -0.3 is 19.3 Å². The Kier molecular flexibility index (Phi) is 38.1. The van der Waals surface area contributed by atoms with E-state index < -0.39 is 32.5 Å². The van der Waals surface area contributed by atoms with E-state index in [2.05, 4.69) is 42.7 Å². The Hall–Kier alpha value is -1.47. The maximum absolute atomic E-state index is 12.4. The number of phosphoric ester groups is 1. The lowest BCUT2D eigenvalue weighted by Gasteiger charge is -2.18. The van der Waals surface area contributed by atoms with Crippen molar-refractivity contribution in [2.45, 2.75) is 225 Å². The molecule has 0 amide bonds. The molecule has 0 fully saturated rings. The summed E-state index contributed by atoms with van der Waals surface area (Å²) >= 11 is 0. The first-order chi connectivity index (χ1) is 25.3. The Balaban J connectivity index is 3.90. The Morgan fingerprint density at radius 1 is 0.481 bits per heavy atom. The van der Waals surface area contributed by atoms with Gasteiger partial charge in [-0.15, -0.1) is 0 Å². The second kappa shape index (κ2) is 39.2. The third-order valence-electron chi connectivity index (χ3n) is 9.44. The van der Waals surface area contributed by atoms with E-state index in [-0.39, 0.29) is 19.4 Å². The highest BCUT2D eigenvalue weighted by atomic mass is 31.2. The average Bonchev–Trinajstić information content (AvgIpc) is 3.11. The van der Waals surface area contributed by atoms with Gasteiger partial charge in [-0.2, -0.15) is 0 Å². The summed E-state index contributed by atoms with van der Waals surface area (Å²) in [5, 5.41) is 0. The van der Waals surface area contributed by atoms with Crippen molar-refractivity contribution < 1.29 is 37.9 Å². The number of carbonyl (C=O) groups excluding carboxylic acids is 2. The Morgan fingerprint density at radius 2 is 0.808 bits per heavy atom. The van der Waals surface area contributed by atoms with Crippen LogP contribution < -0.4 is 0 Å². The summed E-state index contributed by atoms with van der Waals surface area (Å²) in [5.74, 6) is -0.905. The van der Waals surface area contributed by atoms with E-state index in [1.54, 1.807) is 0 Å². The van der Waals surface area contributed by atoms with E-state index in [1.807, 2.05) is 0 Å². The Morgan fingerprint density at radius 3 is 1.21 bits per heavy atom. The highest BCUT2D eigenvalue weighted by molar-refractivity contribution is 7.46. The van der Waals surface area contributed by atoms with E-state index in [4.69, 9.17) is 19.3 Å². The van der Waals surface area contributed by atoms with Crippen molar-refractivity contribution in [1.29, 1.82) is 0 Å². The lowest BCUT2D eigenvalue weighted by Crippen LogP contribution is -2.29. The molecule has 0 aliphatic carbocycles. The summed E-state index contributed by atoms with van der Waals surface area (Å²) in [7, 11) is -4.76. The molecule has 52 heavy (non-hydrogen) atoms. The minimum Gasteiger partial charge on any atom is -0.462 e. The van der Waals surface area contributed by atoms with Gasteiger partial charge in [0.2, 0.25) is 0 Å². The van der Waals surface area contributed by atoms with Crippen molar-refractivity contribution in [1.82, 2.24) is 0 Å². The fourth-order valence-electron chi connectivity index (χ4n) is 6.19. The first-order valence-corrected chi connectivity index (χ1v) is 23.2. The molecule has 8 nitrogen and oxygen atoms in total. The van der Waals surface area contributed by atoms with Crippen LogP contribution in [0.1, 0.15) is 219 Å². The number of unbranched alkanes of at least 4 members (excludes halogenated alkanes) is 26. The third kappa shape index (κ3) is 41.3. The van der Waals surface area contributed by atoms with Crippen molar-refractivity contribution in [2.75, 3.05) is 13.2 Å². The van der Waals surface area contributed by atoms with Gasteiger partial charge in [-0.3, -0.25) is 14.1 Å². The molecule has 0 aromatic heterocycles. The molecule has 0 aromatic rings. The van der Waals surface area contributed by atoms with E-state index >= 15 is 0 Å². The van der Waals surface area contributed by atoms with Crippen molar-refractivity contribution in [3.8, 4) is 0 Å². The van der Waals surface area contributed by atoms with Crippen molar-refractivity contribution in [2.24, 2.45) is 0 Å². The summed E-state index contributed by atoms with van der Waals surface area (Å²) in [6, 6.07) is 0. The largest absolute Gasteiger partial charge is 0.469 e. The molecule has 2 N–H and O–H groups in total. The molecule has 306 valence electrons. The number of rotatable bonds is 40. The highest BCUT2D eigenvalue weighted by Gasteiger charge is 2.22.